The average Bonchev–Trinajstić information content (AvgIpc) is 2.74. The normalized spacial score (nSPS) is 12.2. The second kappa shape index (κ2) is 10.9. The molecule has 1 atom stereocenters. The Morgan fingerprint density at radius 2 is 1.78 bits per heavy atom. The molecule has 32 heavy (non-hydrogen) atoms. The van der Waals surface area contributed by atoms with E-state index in [1.165, 1.54) is 36.2 Å². The Labute approximate surface area is 196 Å². The molecule has 0 radical (unpaired) electrons. The number of nitrogens with zero attached hydrogens (tertiary/aromatic N) is 2. The van der Waals surface area contributed by atoms with Gasteiger partial charge >= 0.3 is 0 Å². The van der Waals surface area contributed by atoms with Gasteiger partial charge in [-0.25, -0.2) is 12.8 Å². The Kier molecular flexibility index (Phi) is 8.80. The first-order valence-corrected chi connectivity index (χ1v) is 12.6. The minimum Gasteiger partial charge on any atom is -0.357 e. The molecular formula is C22H27BrFN3O4S. The molecule has 2 aromatic rings. The first-order chi connectivity index (χ1) is 15.0. The minimum absolute atomic E-state index is 0.0298. The third-order valence-electron chi connectivity index (χ3n) is 5.01. The Morgan fingerprint density at radius 1 is 1.16 bits per heavy atom. The van der Waals surface area contributed by atoms with Crippen LogP contribution in [-0.4, -0.2) is 51.0 Å². The van der Waals surface area contributed by atoms with Crippen molar-refractivity contribution in [1.82, 2.24) is 10.2 Å². The van der Waals surface area contributed by atoms with Crippen LogP contribution in [0.25, 0.3) is 0 Å². The maximum Gasteiger partial charge on any atom is 0.244 e. The molecule has 0 saturated heterocycles. The number of halogens is 2. The van der Waals surface area contributed by atoms with Crippen LogP contribution in [0.2, 0.25) is 0 Å². The summed E-state index contributed by atoms with van der Waals surface area (Å²) < 4.78 is 40.2. The molecule has 0 bridgehead atoms. The largest absolute Gasteiger partial charge is 0.357 e. The molecule has 0 aliphatic rings. The van der Waals surface area contributed by atoms with E-state index < -0.39 is 34.3 Å². The highest BCUT2D eigenvalue weighted by molar-refractivity contribution is 9.10. The van der Waals surface area contributed by atoms with Gasteiger partial charge in [-0.05, 0) is 54.8 Å². The summed E-state index contributed by atoms with van der Waals surface area (Å²) in [5.41, 5.74) is 1.77. The van der Waals surface area contributed by atoms with Crippen molar-refractivity contribution in [3.8, 4) is 0 Å². The summed E-state index contributed by atoms with van der Waals surface area (Å²) in [5, 5.41) is 2.55. The molecule has 7 nitrogen and oxygen atoms in total. The van der Waals surface area contributed by atoms with Crippen LogP contribution in [0.1, 0.15) is 24.5 Å². The predicted octanol–water partition coefficient (Wildman–Crippen LogP) is 3.22. The van der Waals surface area contributed by atoms with Gasteiger partial charge in [0, 0.05) is 18.1 Å². The summed E-state index contributed by atoms with van der Waals surface area (Å²) in [5.74, 6) is -1.33. The molecule has 0 fully saturated rings. The Balaban J connectivity index is 2.43. The Morgan fingerprint density at radius 3 is 2.28 bits per heavy atom. The predicted molar refractivity (Wildman–Crippen MR) is 126 cm³/mol. The highest BCUT2D eigenvalue weighted by Gasteiger charge is 2.31. The lowest BCUT2D eigenvalue weighted by molar-refractivity contribution is -0.140. The number of hydrogen-bond donors (Lipinski definition) is 1. The fourth-order valence-electron chi connectivity index (χ4n) is 3.27. The topological polar surface area (TPSA) is 86.8 Å². The SMILES string of the molecule is CCC(C(=O)NC)N(Cc1ccc(F)cc1)C(=O)CN(c1ccc(Br)c(C)c1)S(C)(=O)=O. The molecule has 1 unspecified atom stereocenters. The minimum atomic E-state index is -3.79. The molecule has 1 N–H and O–H groups in total. The zero-order valence-corrected chi connectivity index (χ0v) is 20.8. The van der Waals surface area contributed by atoms with Crippen LogP contribution in [0.3, 0.4) is 0 Å². The number of carbonyl (C=O) groups is 2. The number of sulfonamides is 1. The van der Waals surface area contributed by atoms with Crippen molar-refractivity contribution in [2.24, 2.45) is 0 Å². The molecule has 2 aromatic carbocycles. The van der Waals surface area contributed by atoms with Gasteiger partial charge in [0.05, 0.1) is 11.9 Å². The zero-order valence-electron chi connectivity index (χ0n) is 18.4. The lowest BCUT2D eigenvalue weighted by Crippen LogP contribution is -2.51. The molecule has 0 saturated carbocycles. The highest BCUT2D eigenvalue weighted by atomic mass is 79.9. The zero-order chi connectivity index (χ0) is 24.1. The monoisotopic (exact) mass is 527 g/mol. The van der Waals surface area contributed by atoms with Crippen LogP contribution >= 0.6 is 15.9 Å². The van der Waals surface area contributed by atoms with Crippen molar-refractivity contribution in [2.45, 2.75) is 32.9 Å². The molecule has 0 aliphatic carbocycles. The van der Waals surface area contributed by atoms with E-state index in [2.05, 4.69) is 21.2 Å². The number of aryl methyl sites for hydroxylation is 1. The van der Waals surface area contributed by atoms with E-state index in [0.717, 1.165) is 20.6 Å². The molecule has 10 heteroatoms. The Bertz CT molecular complexity index is 1080. The summed E-state index contributed by atoms with van der Waals surface area (Å²) in [7, 11) is -2.32. The van der Waals surface area contributed by atoms with Crippen molar-refractivity contribution < 1.29 is 22.4 Å². The van der Waals surface area contributed by atoms with E-state index in [9.17, 15) is 22.4 Å². The standard InChI is InChI=1S/C22H27BrFN3O4S/c1-5-20(22(29)25-3)26(13-16-6-8-17(24)9-7-16)21(28)14-27(32(4,30)31)18-10-11-19(23)15(2)12-18/h6-12,20H,5,13-14H2,1-4H3,(H,25,29). The van der Waals surface area contributed by atoms with Gasteiger partial charge in [-0.1, -0.05) is 35.0 Å². The number of amides is 2. The molecule has 2 amide bonds. The van der Waals surface area contributed by atoms with E-state index in [4.69, 9.17) is 0 Å². The smallest absolute Gasteiger partial charge is 0.244 e. The van der Waals surface area contributed by atoms with Gasteiger partial charge in [0.1, 0.15) is 18.4 Å². The lowest BCUT2D eigenvalue weighted by atomic mass is 10.1. The number of carbonyl (C=O) groups excluding carboxylic acids is 2. The van der Waals surface area contributed by atoms with Gasteiger partial charge in [-0.15, -0.1) is 0 Å². The van der Waals surface area contributed by atoms with Gasteiger partial charge in [0.2, 0.25) is 21.8 Å². The number of rotatable bonds is 9. The quantitative estimate of drug-likeness (QED) is 0.542. The van der Waals surface area contributed by atoms with Crippen LogP contribution in [-0.2, 0) is 26.2 Å². The van der Waals surface area contributed by atoms with E-state index in [-0.39, 0.29) is 12.5 Å². The molecule has 0 heterocycles. The Hall–Kier alpha value is -2.46. The molecular weight excluding hydrogens is 501 g/mol. The van der Waals surface area contributed by atoms with E-state index in [0.29, 0.717) is 17.7 Å². The molecule has 0 aliphatic heterocycles. The maximum atomic E-state index is 13.4. The summed E-state index contributed by atoms with van der Waals surface area (Å²) in [4.78, 5) is 27.2. The van der Waals surface area contributed by atoms with Gasteiger partial charge in [-0.2, -0.15) is 0 Å². The van der Waals surface area contributed by atoms with Crippen molar-refractivity contribution in [1.29, 1.82) is 0 Å². The third-order valence-corrected chi connectivity index (χ3v) is 7.04. The van der Waals surface area contributed by atoms with Gasteiger partial charge in [-0.3, -0.25) is 13.9 Å². The number of hydrogen-bond acceptors (Lipinski definition) is 4. The fourth-order valence-corrected chi connectivity index (χ4v) is 4.36. The molecule has 2 rings (SSSR count). The van der Waals surface area contributed by atoms with Crippen LogP contribution < -0.4 is 9.62 Å². The van der Waals surface area contributed by atoms with Crippen LogP contribution in [0.4, 0.5) is 10.1 Å². The van der Waals surface area contributed by atoms with Crippen molar-refractivity contribution in [3.63, 3.8) is 0 Å². The van der Waals surface area contributed by atoms with Crippen molar-refractivity contribution >= 4 is 43.5 Å². The van der Waals surface area contributed by atoms with Gasteiger partial charge in [0.15, 0.2) is 0 Å². The van der Waals surface area contributed by atoms with E-state index >= 15 is 0 Å². The van der Waals surface area contributed by atoms with Crippen LogP contribution in [0.15, 0.2) is 46.9 Å². The van der Waals surface area contributed by atoms with Gasteiger partial charge in [0.25, 0.3) is 0 Å². The fraction of sp³-hybridized carbons (Fsp3) is 0.364. The maximum absolute atomic E-state index is 13.4. The molecule has 0 spiro atoms. The van der Waals surface area contributed by atoms with Crippen LogP contribution in [0.5, 0.6) is 0 Å². The number of likely N-dealkylation sites (N-methyl/N-ethyl adjacent to an activating group) is 1. The van der Waals surface area contributed by atoms with Gasteiger partial charge < -0.3 is 10.2 Å². The summed E-state index contributed by atoms with van der Waals surface area (Å²) in [6.07, 6.45) is 1.35. The first kappa shape index (κ1) is 25.8. The molecule has 174 valence electrons. The second-order valence-electron chi connectivity index (χ2n) is 7.39. The highest BCUT2D eigenvalue weighted by Crippen LogP contribution is 2.25. The van der Waals surface area contributed by atoms with E-state index in [1.54, 1.807) is 25.1 Å². The average molecular weight is 528 g/mol. The lowest BCUT2D eigenvalue weighted by Gasteiger charge is -2.32. The van der Waals surface area contributed by atoms with Crippen molar-refractivity contribution in [2.75, 3.05) is 24.2 Å². The molecule has 0 aromatic heterocycles. The number of nitrogens with one attached hydrogen (secondary N) is 1. The first-order valence-electron chi connectivity index (χ1n) is 9.97. The summed E-state index contributed by atoms with van der Waals surface area (Å²) in [6, 6.07) is 9.76. The summed E-state index contributed by atoms with van der Waals surface area (Å²) in [6.45, 7) is 3.13. The van der Waals surface area contributed by atoms with Crippen LogP contribution in [0, 0.1) is 12.7 Å². The second-order valence-corrected chi connectivity index (χ2v) is 10.2. The number of benzene rings is 2. The van der Waals surface area contributed by atoms with Crippen molar-refractivity contribution in [3.05, 3.63) is 63.9 Å². The number of anilines is 1. The summed E-state index contributed by atoms with van der Waals surface area (Å²) >= 11 is 3.38. The van der Waals surface area contributed by atoms with E-state index in [1.807, 2.05) is 6.92 Å². The third kappa shape index (κ3) is 6.52.